The number of ether oxygens (including phenoxy) is 2. The largest absolute Gasteiger partial charge is 0.416 e. The number of halogens is 6. The Labute approximate surface area is 226 Å². The van der Waals surface area contributed by atoms with Gasteiger partial charge in [0.1, 0.15) is 0 Å². The number of nitrogens with zero attached hydrogens (tertiary/aromatic N) is 1. The molecule has 2 saturated heterocycles. The summed E-state index contributed by atoms with van der Waals surface area (Å²) < 4.78 is 91.0. The third kappa shape index (κ3) is 7.27. The molecule has 1 saturated carbocycles. The number of hydrogen-bond acceptors (Lipinski definition) is 4. The van der Waals surface area contributed by atoms with Gasteiger partial charge in [-0.1, -0.05) is 27.7 Å². The van der Waals surface area contributed by atoms with E-state index in [2.05, 4.69) is 10.2 Å². The number of hydrogen-bond donors (Lipinski definition) is 1. The molecule has 0 bridgehead atoms. The maximum atomic E-state index is 13.4. The molecule has 2 aliphatic heterocycles. The van der Waals surface area contributed by atoms with Crippen molar-refractivity contribution in [2.75, 3.05) is 26.3 Å². The smallest absolute Gasteiger partial charge is 0.352 e. The number of nitrogens with one attached hydrogen (secondary N) is 1. The normalized spacial score (nSPS) is 25.9. The summed E-state index contributed by atoms with van der Waals surface area (Å²) in [5, 5.41) is 2.66. The average Bonchev–Trinajstić information content (AvgIpc) is 3.48. The van der Waals surface area contributed by atoms with Crippen LogP contribution in [0.25, 0.3) is 0 Å². The van der Waals surface area contributed by atoms with Gasteiger partial charge in [-0.2, -0.15) is 26.3 Å². The molecule has 4 rings (SSSR count). The first kappa shape index (κ1) is 31.7. The molecule has 0 aromatic heterocycles. The Morgan fingerprint density at radius 1 is 0.974 bits per heavy atom. The third-order valence-corrected chi connectivity index (χ3v) is 8.29. The molecule has 3 fully saturated rings. The van der Waals surface area contributed by atoms with E-state index >= 15 is 0 Å². The van der Waals surface area contributed by atoms with Gasteiger partial charge in [0.2, 0.25) is 5.91 Å². The fraction of sp³-hybridized carbons (Fsp3) is 0.750. The Balaban J connectivity index is 0.00000205. The molecule has 222 valence electrons. The van der Waals surface area contributed by atoms with Crippen LogP contribution in [0.1, 0.15) is 82.9 Å². The molecule has 1 aromatic carbocycles. The predicted molar refractivity (Wildman–Crippen MR) is 135 cm³/mol. The van der Waals surface area contributed by atoms with E-state index in [1.54, 1.807) is 0 Å². The Kier molecular flexibility index (Phi) is 10.0. The molecule has 0 radical (unpaired) electrons. The highest BCUT2D eigenvalue weighted by Crippen LogP contribution is 2.47. The molecule has 2 heterocycles. The number of likely N-dealkylation sites (tertiary alicyclic amines) is 1. The van der Waals surface area contributed by atoms with Gasteiger partial charge < -0.3 is 19.7 Å². The van der Waals surface area contributed by atoms with Crippen molar-refractivity contribution in [2.45, 2.75) is 96.9 Å². The summed E-state index contributed by atoms with van der Waals surface area (Å²) in [5.41, 5.74) is -3.76. The van der Waals surface area contributed by atoms with Crippen LogP contribution in [0.4, 0.5) is 26.3 Å². The average molecular weight is 567 g/mol. The van der Waals surface area contributed by atoms with Gasteiger partial charge in [-0.05, 0) is 61.9 Å². The van der Waals surface area contributed by atoms with Gasteiger partial charge in [0.15, 0.2) is 5.79 Å². The molecule has 1 amide bonds. The molecule has 2 atom stereocenters. The summed E-state index contributed by atoms with van der Waals surface area (Å²) in [6.07, 6.45) is -5.40. The lowest BCUT2D eigenvalue weighted by atomic mass is 9.74. The van der Waals surface area contributed by atoms with Crippen LogP contribution >= 0.6 is 0 Å². The van der Waals surface area contributed by atoms with E-state index in [4.69, 9.17) is 9.47 Å². The summed E-state index contributed by atoms with van der Waals surface area (Å²) in [6, 6.07) is 1.58. The summed E-state index contributed by atoms with van der Waals surface area (Å²) in [7, 11) is 0. The molecule has 11 heteroatoms. The zero-order valence-corrected chi connectivity index (χ0v) is 23.1. The first-order valence-electron chi connectivity index (χ1n) is 13.8. The topological polar surface area (TPSA) is 50.8 Å². The lowest BCUT2D eigenvalue weighted by molar-refractivity contribution is -0.164. The van der Waals surface area contributed by atoms with E-state index in [1.807, 2.05) is 27.7 Å². The van der Waals surface area contributed by atoms with Gasteiger partial charge in [-0.3, -0.25) is 4.79 Å². The maximum Gasteiger partial charge on any atom is 0.416 e. The van der Waals surface area contributed by atoms with Crippen LogP contribution in [0.5, 0.6) is 0 Å². The number of rotatable bonds is 5. The molecular formula is C28H40F6N2O3. The van der Waals surface area contributed by atoms with Crippen LogP contribution in [0.15, 0.2) is 18.2 Å². The molecule has 39 heavy (non-hydrogen) atoms. The SMILES string of the molecule is CC.CC(C)C1(C(=O)NCc2cc(C(F)(F)F)cc(C(F)(F)F)c2)CCC(N2CCCC3(CC2)OCCO3)C1. The van der Waals surface area contributed by atoms with Gasteiger partial charge in [-0.15, -0.1) is 0 Å². The van der Waals surface area contributed by atoms with Crippen molar-refractivity contribution >= 4 is 5.91 Å². The molecule has 1 aliphatic carbocycles. The number of benzene rings is 1. The Morgan fingerprint density at radius 2 is 1.56 bits per heavy atom. The summed E-state index contributed by atoms with van der Waals surface area (Å²) in [6.45, 7) is 10.3. The fourth-order valence-corrected chi connectivity index (χ4v) is 6.09. The van der Waals surface area contributed by atoms with E-state index in [1.165, 1.54) is 0 Å². The molecule has 1 spiro atoms. The zero-order valence-electron chi connectivity index (χ0n) is 23.1. The van der Waals surface area contributed by atoms with Crippen molar-refractivity contribution in [3.05, 3.63) is 34.9 Å². The monoisotopic (exact) mass is 566 g/mol. The first-order valence-corrected chi connectivity index (χ1v) is 13.8. The number of carbonyl (C=O) groups is 1. The zero-order chi connectivity index (χ0) is 29.1. The molecule has 5 nitrogen and oxygen atoms in total. The fourth-order valence-electron chi connectivity index (χ4n) is 6.09. The third-order valence-electron chi connectivity index (χ3n) is 8.29. The minimum absolute atomic E-state index is 0.0513. The maximum absolute atomic E-state index is 13.4. The highest BCUT2D eigenvalue weighted by atomic mass is 19.4. The van der Waals surface area contributed by atoms with E-state index in [0.717, 1.165) is 38.8 Å². The van der Waals surface area contributed by atoms with Crippen molar-refractivity contribution in [1.82, 2.24) is 10.2 Å². The Hall–Kier alpha value is -1.85. The van der Waals surface area contributed by atoms with Crippen molar-refractivity contribution < 1.29 is 40.6 Å². The van der Waals surface area contributed by atoms with Crippen LogP contribution < -0.4 is 5.32 Å². The second kappa shape index (κ2) is 12.3. The summed E-state index contributed by atoms with van der Waals surface area (Å²) in [5.74, 6) is -0.894. The van der Waals surface area contributed by atoms with Crippen molar-refractivity contribution in [1.29, 1.82) is 0 Å². The lowest BCUT2D eigenvalue weighted by Crippen LogP contribution is -2.44. The van der Waals surface area contributed by atoms with Gasteiger partial charge in [0.25, 0.3) is 0 Å². The molecule has 1 aromatic rings. The van der Waals surface area contributed by atoms with Crippen LogP contribution in [-0.4, -0.2) is 48.9 Å². The highest BCUT2D eigenvalue weighted by molar-refractivity contribution is 5.83. The van der Waals surface area contributed by atoms with Crippen molar-refractivity contribution in [2.24, 2.45) is 11.3 Å². The van der Waals surface area contributed by atoms with Crippen molar-refractivity contribution in [3.8, 4) is 0 Å². The quantitative estimate of drug-likeness (QED) is 0.399. The Bertz CT molecular complexity index is 943. The molecule has 1 N–H and O–H groups in total. The van der Waals surface area contributed by atoms with Gasteiger partial charge in [0, 0.05) is 32.0 Å². The van der Waals surface area contributed by atoms with Crippen LogP contribution in [0.3, 0.4) is 0 Å². The number of carbonyl (C=O) groups excluding carboxylic acids is 1. The van der Waals surface area contributed by atoms with E-state index < -0.39 is 41.2 Å². The Morgan fingerprint density at radius 3 is 2.10 bits per heavy atom. The van der Waals surface area contributed by atoms with E-state index in [-0.39, 0.29) is 29.5 Å². The lowest BCUT2D eigenvalue weighted by Gasteiger charge is -2.34. The van der Waals surface area contributed by atoms with Crippen LogP contribution in [-0.2, 0) is 33.2 Å². The molecule has 2 unspecified atom stereocenters. The number of amides is 1. The van der Waals surface area contributed by atoms with Crippen molar-refractivity contribution in [3.63, 3.8) is 0 Å². The van der Waals surface area contributed by atoms with E-state index in [9.17, 15) is 31.1 Å². The van der Waals surface area contributed by atoms with Gasteiger partial charge >= 0.3 is 12.4 Å². The summed E-state index contributed by atoms with van der Waals surface area (Å²) in [4.78, 5) is 15.8. The standard InChI is InChI=1S/C26H34F6N2O3.C2H6/c1-17(2)23(6-4-21(15-23)34-8-3-5-24(7-9-34)36-10-11-37-24)22(35)33-16-18-12-19(25(27,28)29)14-20(13-18)26(30,31)32;1-2/h12-14,17,21H,3-11,15-16H2,1-2H3,(H,33,35);1-2H3. The molecular weight excluding hydrogens is 526 g/mol. The summed E-state index contributed by atoms with van der Waals surface area (Å²) >= 11 is 0. The second-order valence-corrected chi connectivity index (χ2v) is 10.8. The second-order valence-electron chi connectivity index (χ2n) is 10.8. The van der Waals surface area contributed by atoms with Gasteiger partial charge in [0.05, 0.1) is 29.8 Å². The van der Waals surface area contributed by atoms with Crippen LogP contribution in [0.2, 0.25) is 0 Å². The minimum Gasteiger partial charge on any atom is -0.352 e. The molecule has 3 aliphatic rings. The van der Waals surface area contributed by atoms with E-state index in [0.29, 0.717) is 38.2 Å². The number of alkyl halides is 6. The minimum atomic E-state index is -4.93. The predicted octanol–water partition coefficient (Wildman–Crippen LogP) is 6.79. The van der Waals surface area contributed by atoms with Gasteiger partial charge in [-0.25, -0.2) is 0 Å². The highest BCUT2D eigenvalue weighted by Gasteiger charge is 2.49. The first-order chi connectivity index (χ1) is 18.2. The van der Waals surface area contributed by atoms with Crippen LogP contribution in [0, 0.1) is 11.3 Å².